The average molecular weight is 433 g/mol. The van der Waals surface area contributed by atoms with Gasteiger partial charge in [-0.3, -0.25) is 4.79 Å². The maximum absolute atomic E-state index is 12.0. The molecule has 92 valence electrons. The van der Waals surface area contributed by atoms with Crippen molar-refractivity contribution in [2.75, 3.05) is 5.75 Å². The molecule has 2 aromatic carbocycles. The van der Waals surface area contributed by atoms with Crippen LogP contribution in [0.25, 0.3) is 0 Å². The van der Waals surface area contributed by atoms with Gasteiger partial charge in [-0.15, -0.1) is 11.8 Å². The Morgan fingerprint density at radius 2 is 1.89 bits per heavy atom. The summed E-state index contributed by atoms with van der Waals surface area (Å²) in [6, 6.07) is 15.7. The number of hydrogen-bond acceptors (Lipinski definition) is 2. The molecule has 18 heavy (non-hydrogen) atoms. The maximum atomic E-state index is 12.0. The first kappa shape index (κ1) is 14.1. The highest BCUT2D eigenvalue weighted by atomic mass is 127. The van der Waals surface area contributed by atoms with E-state index in [0.29, 0.717) is 5.75 Å². The molecule has 0 heterocycles. The molecule has 0 aliphatic heterocycles. The van der Waals surface area contributed by atoms with Crippen LogP contribution in [0.5, 0.6) is 0 Å². The highest BCUT2D eigenvalue weighted by Crippen LogP contribution is 2.22. The topological polar surface area (TPSA) is 17.1 Å². The number of rotatable bonds is 4. The second kappa shape index (κ2) is 6.73. The van der Waals surface area contributed by atoms with Crippen LogP contribution in [-0.2, 0) is 0 Å². The lowest BCUT2D eigenvalue weighted by Gasteiger charge is -2.02. The van der Waals surface area contributed by atoms with Crippen LogP contribution in [0.1, 0.15) is 10.4 Å². The second-order valence-corrected chi connectivity index (χ2v) is 6.89. The van der Waals surface area contributed by atoms with Crippen molar-refractivity contribution < 1.29 is 4.79 Å². The summed E-state index contributed by atoms with van der Waals surface area (Å²) in [4.78, 5) is 13.1. The number of carbonyl (C=O) groups excluding carboxylic acids is 1. The molecule has 0 fully saturated rings. The fourth-order valence-electron chi connectivity index (χ4n) is 1.42. The monoisotopic (exact) mass is 432 g/mol. The average Bonchev–Trinajstić information content (AvgIpc) is 2.37. The minimum atomic E-state index is 0.163. The molecule has 4 heteroatoms. The van der Waals surface area contributed by atoms with Gasteiger partial charge in [0.1, 0.15) is 0 Å². The van der Waals surface area contributed by atoms with Gasteiger partial charge in [0.15, 0.2) is 5.78 Å². The number of halogens is 2. The van der Waals surface area contributed by atoms with E-state index in [1.807, 2.05) is 48.5 Å². The Kier molecular flexibility index (Phi) is 5.26. The highest BCUT2D eigenvalue weighted by Gasteiger charge is 2.06. The van der Waals surface area contributed by atoms with Crippen molar-refractivity contribution in [2.45, 2.75) is 4.90 Å². The Hall–Kier alpha value is -0.330. The van der Waals surface area contributed by atoms with Gasteiger partial charge in [-0.2, -0.15) is 0 Å². The van der Waals surface area contributed by atoms with Gasteiger partial charge in [-0.25, -0.2) is 0 Å². The van der Waals surface area contributed by atoms with E-state index in [9.17, 15) is 4.79 Å². The molecule has 0 saturated carbocycles. The van der Waals surface area contributed by atoms with Crippen molar-refractivity contribution in [1.29, 1.82) is 0 Å². The van der Waals surface area contributed by atoms with Crippen LogP contribution in [-0.4, -0.2) is 11.5 Å². The normalized spacial score (nSPS) is 10.3. The zero-order valence-electron chi connectivity index (χ0n) is 9.40. The largest absolute Gasteiger partial charge is 0.293 e. The molecule has 0 amide bonds. The molecule has 0 N–H and O–H groups in total. The van der Waals surface area contributed by atoms with Gasteiger partial charge < -0.3 is 0 Å². The van der Waals surface area contributed by atoms with Gasteiger partial charge in [0.25, 0.3) is 0 Å². The van der Waals surface area contributed by atoms with Gasteiger partial charge in [0.05, 0.1) is 5.75 Å². The number of hydrogen-bond donors (Lipinski definition) is 0. The van der Waals surface area contributed by atoms with Crippen molar-refractivity contribution in [1.82, 2.24) is 0 Å². The minimum absolute atomic E-state index is 0.163. The van der Waals surface area contributed by atoms with E-state index >= 15 is 0 Å². The standard InChI is InChI=1S/C14H10BrIOS/c15-11-2-1-3-13(8-11)18-9-14(17)10-4-6-12(16)7-5-10/h1-8H,9H2. The number of Topliss-reactive ketones (excluding diaryl/α,β-unsaturated/α-hetero) is 1. The third-order valence-corrected chi connectivity index (χ3v) is 4.54. The SMILES string of the molecule is O=C(CSc1cccc(Br)c1)c1ccc(I)cc1. The van der Waals surface area contributed by atoms with Crippen LogP contribution >= 0.6 is 50.3 Å². The summed E-state index contributed by atoms with van der Waals surface area (Å²) in [5, 5.41) is 0. The molecule has 0 saturated heterocycles. The fraction of sp³-hybridized carbons (Fsp3) is 0.0714. The van der Waals surface area contributed by atoms with Gasteiger partial charge in [0.2, 0.25) is 0 Å². The molecule has 0 aliphatic carbocycles. The zero-order chi connectivity index (χ0) is 13.0. The van der Waals surface area contributed by atoms with Crippen molar-refractivity contribution in [2.24, 2.45) is 0 Å². The van der Waals surface area contributed by atoms with E-state index in [1.54, 1.807) is 11.8 Å². The van der Waals surface area contributed by atoms with Crippen LogP contribution in [0.3, 0.4) is 0 Å². The van der Waals surface area contributed by atoms with E-state index in [0.717, 1.165) is 18.5 Å². The summed E-state index contributed by atoms with van der Waals surface area (Å²) in [5.74, 6) is 0.633. The van der Waals surface area contributed by atoms with Crippen LogP contribution in [0, 0.1) is 3.57 Å². The lowest BCUT2D eigenvalue weighted by molar-refractivity contribution is 0.102. The number of benzene rings is 2. The summed E-state index contributed by atoms with van der Waals surface area (Å²) in [6.07, 6.45) is 0. The van der Waals surface area contributed by atoms with Crippen molar-refractivity contribution >= 4 is 56.1 Å². The molecular weight excluding hydrogens is 423 g/mol. The Labute approximate surface area is 133 Å². The quantitative estimate of drug-likeness (QED) is 0.383. The molecule has 2 rings (SSSR count). The van der Waals surface area contributed by atoms with Crippen molar-refractivity contribution in [3.63, 3.8) is 0 Å². The Balaban J connectivity index is 1.98. The number of thioether (sulfide) groups is 1. The third kappa shape index (κ3) is 4.10. The summed E-state index contributed by atoms with van der Waals surface area (Å²) in [7, 11) is 0. The molecule has 0 bridgehead atoms. The van der Waals surface area contributed by atoms with Crippen LogP contribution in [0.4, 0.5) is 0 Å². The summed E-state index contributed by atoms with van der Waals surface area (Å²) in [6.45, 7) is 0. The lowest BCUT2D eigenvalue weighted by Crippen LogP contribution is -2.01. The van der Waals surface area contributed by atoms with E-state index in [4.69, 9.17) is 0 Å². The first-order chi connectivity index (χ1) is 8.65. The highest BCUT2D eigenvalue weighted by molar-refractivity contribution is 14.1. The molecule has 0 aliphatic rings. The van der Waals surface area contributed by atoms with E-state index in [-0.39, 0.29) is 5.78 Å². The molecule has 0 spiro atoms. The van der Waals surface area contributed by atoms with E-state index < -0.39 is 0 Å². The van der Waals surface area contributed by atoms with E-state index in [1.165, 1.54) is 0 Å². The molecular formula is C14H10BrIOS. The molecule has 0 atom stereocenters. The summed E-state index contributed by atoms with van der Waals surface area (Å²) in [5.41, 5.74) is 0.776. The minimum Gasteiger partial charge on any atom is -0.293 e. The van der Waals surface area contributed by atoms with Gasteiger partial charge >= 0.3 is 0 Å². The van der Waals surface area contributed by atoms with Crippen molar-refractivity contribution in [3.8, 4) is 0 Å². The fourth-order valence-corrected chi connectivity index (χ4v) is 3.18. The van der Waals surface area contributed by atoms with Gasteiger partial charge in [0, 0.05) is 18.5 Å². The predicted molar refractivity (Wildman–Crippen MR) is 88.4 cm³/mol. The van der Waals surface area contributed by atoms with E-state index in [2.05, 4.69) is 38.5 Å². The first-order valence-corrected chi connectivity index (χ1v) is 8.18. The smallest absolute Gasteiger partial charge is 0.173 e. The maximum Gasteiger partial charge on any atom is 0.173 e. The molecule has 0 unspecified atom stereocenters. The van der Waals surface area contributed by atoms with Crippen molar-refractivity contribution in [3.05, 3.63) is 62.1 Å². The Morgan fingerprint density at radius 3 is 2.56 bits per heavy atom. The predicted octanol–water partition coefficient (Wildman–Crippen LogP) is 5.03. The van der Waals surface area contributed by atoms with Crippen LogP contribution < -0.4 is 0 Å². The first-order valence-electron chi connectivity index (χ1n) is 5.32. The lowest BCUT2D eigenvalue weighted by atomic mass is 10.2. The van der Waals surface area contributed by atoms with Crippen LogP contribution in [0.15, 0.2) is 57.9 Å². The zero-order valence-corrected chi connectivity index (χ0v) is 14.0. The van der Waals surface area contributed by atoms with Gasteiger partial charge in [-0.1, -0.05) is 34.1 Å². The third-order valence-electron chi connectivity index (χ3n) is 2.33. The number of ketones is 1. The Bertz CT molecular complexity index is 554. The molecule has 0 radical (unpaired) electrons. The van der Waals surface area contributed by atoms with Gasteiger partial charge in [-0.05, 0) is 52.9 Å². The van der Waals surface area contributed by atoms with Crippen LogP contribution in [0.2, 0.25) is 0 Å². The summed E-state index contributed by atoms with van der Waals surface area (Å²) >= 11 is 7.22. The number of carbonyl (C=O) groups is 1. The second-order valence-electron chi connectivity index (χ2n) is 3.68. The molecule has 2 aromatic rings. The Morgan fingerprint density at radius 1 is 1.17 bits per heavy atom. The molecule has 1 nitrogen and oxygen atoms in total. The summed E-state index contributed by atoms with van der Waals surface area (Å²) < 4.78 is 2.18. The molecule has 0 aromatic heterocycles.